The molecular weight excluding hydrogens is 414 g/mol. The van der Waals surface area contributed by atoms with Crippen LogP contribution in [0.2, 0.25) is 0 Å². The number of hydrazine groups is 1. The largest absolute Gasteiger partial charge is 0.497 e. The number of benzene rings is 2. The van der Waals surface area contributed by atoms with Crippen molar-refractivity contribution in [1.82, 2.24) is 10.9 Å². The zero-order chi connectivity index (χ0) is 19.4. The highest BCUT2D eigenvalue weighted by Crippen LogP contribution is 2.26. The van der Waals surface area contributed by atoms with Gasteiger partial charge >= 0.3 is 0 Å². The first-order valence-electron chi connectivity index (χ1n) is 8.28. The van der Waals surface area contributed by atoms with Gasteiger partial charge in [-0.2, -0.15) is 0 Å². The van der Waals surface area contributed by atoms with Crippen molar-refractivity contribution in [3.8, 4) is 5.75 Å². The Morgan fingerprint density at radius 1 is 1.15 bits per heavy atom. The van der Waals surface area contributed by atoms with Gasteiger partial charge in [0, 0.05) is 28.7 Å². The summed E-state index contributed by atoms with van der Waals surface area (Å²) in [6.07, 6.45) is 0.0942. The summed E-state index contributed by atoms with van der Waals surface area (Å²) in [5.74, 6) is -0.987. The topological polar surface area (TPSA) is 87.7 Å². The van der Waals surface area contributed by atoms with E-state index in [4.69, 9.17) is 4.74 Å². The van der Waals surface area contributed by atoms with E-state index in [1.807, 2.05) is 24.3 Å². The molecule has 3 amide bonds. The first-order chi connectivity index (χ1) is 13.0. The number of carbonyl (C=O) groups excluding carboxylic acids is 3. The van der Waals surface area contributed by atoms with E-state index in [9.17, 15) is 14.4 Å². The molecule has 0 radical (unpaired) electrons. The lowest BCUT2D eigenvalue weighted by Crippen LogP contribution is -2.45. The lowest BCUT2D eigenvalue weighted by Gasteiger charge is -2.17. The normalized spacial score (nSPS) is 16.1. The molecule has 1 aliphatic heterocycles. The Kier molecular flexibility index (Phi) is 5.75. The Labute approximate surface area is 164 Å². The van der Waals surface area contributed by atoms with Crippen LogP contribution in [0.3, 0.4) is 0 Å². The van der Waals surface area contributed by atoms with Gasteiger partial charge in [0.05, 0.1) is 13.0 Å². The van der Waals surface area contributed by atoms with Crippen molar-refractivity contribution in [2.75, 3.05) is 18.6 Å². The highest BCUT2D eigenvalue weighted by Gasteiger charge is 2.35. The third-order valence-electron chi connectivity index (χ3n) is 4.27. The SMILES string of the molecule is COc1cccc(C(=O)NNC(=O)[C@H]2CC(=O)N(c3ccc(Br)cc3)C2)c1. The van der Waals surface area contributed by atoms with E-state index in [-0.39, 0.29) is 18.9 Å². The van der Waals surface area contributed by atoms with Crippen LogP contribution in [0.4, 0.5) is 5.69 Å². The summed E-state index contributed by atoms with van der Waals surface area (Å²) in [5.41, 5.74) is 5.86. The monoisotopic (exact) mass is 431 g/mol. The smallest absolute Gasteiger partial charge is 0.269 e. The fourth-order valence-electron chi connectivity index (χ4n) is 2.81. The number of hydrogen-bond donors (Lipinski definition) is 2. The molecule has 27 heavy (non-hydrogen) atoms. The Balaban J connectivity index is 1.57. The molecule has 2 aromatic rings. The number of nitrogens with one attached hydrogen (secondary N) is 2. The summed E-state index contributed by atoms with van der Waals surface area (Å²) in [4.78, 5) is 38.3. The zero-order valence-electron chi connectivity index (χ0n) is 14.6. The molecule has 0 aromatic heterocycles. The number of ether oxygens (including phenoxy) is 1. The summed E-state index contributed by atoms with van der Waals surface area (Å²) < 4.78 is 5.98. The molecule has 140 valence electrons. The van der Waals surface area contributed by atoms with E-state index < -0.39 is 17.7 Å². The van der Waals surface area contributed by atoms with Crippen molar-refractivity contribution in [1.29, 1.82) is 0 Å². The van der Waals surface area contributed by atoms with Gasteiger partial charge in [-0.3, -0.25) is 25.2 Å². The number of rotatable bonds is 4. The van der Waals surface area contributed by atoms with E-state index in [2.05, 4.69) is 26.8 Å². The minimum absolute atomic E-state index is 0.0942. The van der Waals surface area contributed by atoms with Gasteiger partial charge in [-0.25, -0.2) is 0 Å². The number of anilines is 1. The molecule has 0 saturated carbocycles. The molecule has 0 spiro atoms. The molecule has 0 unspecified atom stereocenters. The van der Waals surface area contributed by atoms with Crippen LogP contribution in [-0.2, 0) is 9.59 Å². The Morgan fingerprint density at radius 2 is 1.89 bits per heavy atom. The van der Waals surface area contributed by atoms with Crippen LogP contribution in [0.5, 0.6) is 5.75 Å². The second kappa shape index (κ2) is 8.22. The molecule has 8 heteroatoms. The quantitative estimate of drug-likeness (QED) is 0.726. The van der Waals surface area contributed by atoms with Gasteiger partial charge in [-0.05, 0) is 42.5 Å². The number of nitrogens with zero attached hydrogens (tertiary/aromatic N) is 1. The molecule has 1 heterocycles. The molecule has 3 rings (SSSR count). The second-order valence-electron chi connectivity index (χ2n) is 6.06. The van der Waals surface area contributed by atoms with Gasteiger partial charge in [0.2, 0.25) is 11.8 Å². The van der Waals surface area contributed by atoms with Crippen LogP contribution < -0.4 is 20.5 Å². The number of amides is 3. The molecule has 1 atom stereocenters. The lowest BCUT2D eigenvalue weighted by molar-refractivity contribution is -0.126. The summed E-state index contributed by atoms with van der Waals surface area (Å²) in [6.45, 7) is 0.265. The van der Waals surface area contributed by atoms with Gasteiger partial charge in [0.25, 0.3) is 5.91 Å². The minimum atomic E-state index is -0.535. The van der Waals surface area contributed by atoms with Crippen molar-refractivity contribution in [2.24, 2.45) is 5.92 Å². The predicted molar refractivity (Wildman–Crippen MR) is 103 cm³/mol. The summed E-state index contributed by atoms with van der Waals surface area (Å²) in [6, 6.07) is 13.9. The number of hydrogen-bond acceptors (Lipinski definition) is 4. The summed E-state index contributed by atoms with van der Waals surface area (Å²) in [7, 11) is 1.51. The van der Waals surface area contributed by atoms with Crippen LogP contribution in [-0.4, -0.2) is 31.4 Å². The molecule has 2 aromatic carbocycles. The highest BCUT2D eigenvalue weighted by atomic mass is 79.9. The van der Waals surface area contributed by atoms with Gasteiger partial charge in [-0.1, -0.05) is 22.0 Å². The molecule has 7 nitrogen and oxygen atoms in total. The Hall–Kier alpha value is -2.87. The average molecular weight is 432 g/mol. The first kappa shape index (κ1) is 18.9. The van der Waals surface area contributed by atoms with Crippen LogP contribution in [0.1, 0.15) is 16.8 Å². The average Bonchev–Trinajstić information content (AvgIpc) is 3.08. The van der Waals surface area contributed by atoms with Gasteiger partial charge in [0.15, 0.2) is 0 Å². The third kappa shape index (κ3) is 4.46. The molecule has 1 aliphatic rings. The molecule has 0 aliphatic carbocycles. The van der Waals surface area contributed by atoms with Crippen LogP contribution >= 0.6 is 15.9 Å². The summed E-state index contributed by atoms with van der Waals surface area (Å²) in [5, 5.41) is 0. The van der Waals surface area contributed by atoms with Crippen molar-refractivity contribution < 1.29 is 19.1 Å². The maximum atomic E-state index is 12.3. The number of methoxy groups -OCH3 is 1. The predicted octanol–water partition coefficient (Wildman–Crippen LogP) is 2.27. The lowest BCUT2D eigenvalue weighted by atomic mass is 10.1. The maximum absolute atomic E-state index is 12.3. The van der Waals surface area contributed by atoms with E-state index in [0.29, 0.717) is 11.3 Å². The Morgan fingerprint density at radius 3 is 2.59 bits per heavy atom. The molecule has 1 saturated heterocycles. The van der Waals surface area contributed by atoms with E-state index in [1.165, 1.54) is 7.11 Å². The van der Waals surface area contributed by atoms with Crippen LogP contribution in [0.25, 0.3) is 0 Å². The van der Waals surface area contributed by atoms with Gasteiger partial charge in [0.1, 0.15) is 5.75 Å². The Bertz CT molecular complexity index is 870. The zero-order valence-corrected chi connectivity index (χ0v) is 16.2. The van der Waals surface area contributed by atoms with E-state index >= 15 is 0 Å². The fourth-order valence-corrected chi connectivity index (χ4v) is 3.08. The third-order valence-corrected chi connectivity index (χ3v) is 4.79. The standard InChI is InChI=1S/C19H18BrN3O4/c1-27-16-4-2-3-12(9-16)18(25)21-22-19(26)13-10-17(24)23(11-13)15-7-5-14(20)6-8-15/h2-9,13H,10-11H2,1H3,(H,21,25)(H,22,26)/t13-/m0/s1. The second-order valence-corrected chi connectivity index (χ2v) is 6.97. The molecule has 2 N–H and O–H groups in total. The van der Waals surface area contributed by atoms with Crippen molar-refractivity contribution in [3.63, 3.8) is 0 Å². The van der Waals surface area contributed by atoms with Crippen LogP contribution in [0, 0.1) is 5.92 Å². The fraction of sp³-hybridized carbons (Fsp3) is 0.211. The first-order valence-corrected chi connectivity index (χ1v) is 9.07. The molecule has 0 bridgehead atoms. The van der Waals surface area contributed by atoms with Crippen molar-refractivity contribution >= 4 is 39.3 Å². The summed E-state index contributed by atoms with van der Waals surface area (Å²) >= 11 is 3.35. The number of halogens is 1. The minimum Gasteiger partial charge on any atom is -0.497 e. The van der Waals surface area contributed by atoms with E-state index in [1.54, 1.807) is 29.2 Å². The van der Waals surface area contributed by atoms with Gasteiger partial charge < -0.3 is 9.64 Å². The van der Waals surface area contributed by atoms with E-state index in [0.717, 1.165) is 10.2 Å². The van der Waals surface area contributed by atoms with Gasteiger partial charge in [-0.15, -0.1) is 0 Å². The highest BCUT2D eigenvalue weighted by molar-refractivity contribution is 9.10. The number of carbonyl (C=O) groups is 3. The van der Waals surface area contributed by atoms with Crippen molar-refractivity contribution in [3.05, 3.63) is 58.6 Å². The van der Waals surface area contributed by atoms with Crippen LogP contribution in [0.15, 0.2) is 53.0 Å². The molecular formula is C19H18BrN3O4. The molecule has 1 fully saturated rings. The van der Waals surface area contributed by atoms with Crippen molar-refractivity contribution in [2.45, 2.75) is 6.42 Å². The maximum Gasteiger partial charge on any atom is 0.269 e.